The van der Waals surface area contributed by atoms with E-state index in [-0.39, 0.29) is 17.4 Å². The van der Waals surface area contributed by atoms with E-state index >= 15 is 0 Å². The zero-order valence-corrected chi connectivity index (χ0v) is 12.4. The van der Waals surface area contributed by atoms with Crippen LogP contribution in [-0.4, -0.2) is 30.9 Å². The van der Waals surface area contributed by atoms with E-state index in [1.54, 1.807) is 17.9 Å². The van der Waals surface area contributed by atoms with Crippen molar-refractivity contribution < 1.29 is 18.7 Å². The van der Waals surface area contributed by atoms with Crippen molar-refractivity contribution >= 4 is 17.4 Å². The lowest BCUT2D eigenvalue weighted by atomic mass is 9.98. The van der Waals surface area contributed by atoms with Crippen LogP contribution in [0.25, 0.3) is 0 Å². The normalized spacial score (nSPS) is 18.4. The van der Waals surface area contributed by atoms with Gasteiger partial charge in [-0.25, -0.2) is 9.18 Å². The minimum Gasteiger partial charge on any atom is -0.464 e. The van der Waals surface area contributed by atoms with Gasteiger partial charge in [0.05, 0.1) is 12.3 Å². The minimum absolute atomic E-state index is 0.210. The largest absolute Gasteiger partial charge is 0.464 e. The second-order valence-electron chi connectivity index (χ2n) is 5.15. The number of nitrogens with zero attached hydrogens (tertiary/aromatic N) is 1. The van der Waals surface area contributed by atoms with Gasteiger partial charge in [-0.15, -0.1) is 0 Å². The predicted molar refractivity (Wildman–Crippen MR) is 78.0 cm³/mol. The molecule has 1 atom stereocenters. The van der Waals surface area contributed by atoms with Gasteiger partial charge >= 0.3 is 5.97 Å². The summed E-state index contributed by atoms with van der Waals surface area (Å²) in [6.07, 6.45) is 2.37. The molecule has 0 aliphatic carbocycles. The molecule has 0 amide bonds. The Bertz CT molecular complexity index is 544. The maximum absolute atomic E-state index is 14.3. The first kappa shape index (κ1) is 15.5. The molecule has 2 rings (SSSR count). The molecule has 1 aromatic carbocycles. The van der Waals surface area contributed by atoms with Crippen molar-refractivity contribution in [2.45, 2.75) is 39.2 Å². The number of carbonyl (C=O) groups is 2. The topological polar surface area (TPSA) is 46.6 Å². The molecule has 1 aromatic rings. The number of ether oxygens (including phenoxy) is 1. The molecule has 1 heterocycles. The fraction of sp³-hybridized carbons (Fsp3) is 0.500. The molecule has 0 aromatic heterocycles. The summed E-state index contributed by atoms with van der Waals surface area (Å²) in [5.74, 6) is -1.04. The molecular weight excluding hydrogens is 273 g/mol. The highest BCUT2D eigenvalue weighted by Crippen LogP contribution is 2.31. The highest BCUT2D eigenvalue weighted by molar-refractivity contribution is 6.00. The Balaban J connectivity index is 2.42. The van der Waals surface area contributed by atoms with Crippen molar-refractivity contribution in [3.05, 3.63) is 29.6 Å². The molecule has 1 unspecified atom stereocenters. The lowest BCUT2D eigenvalue weighted by Crippen LogP contribution is -2.46. The van der Waals surface area contributed by atoms with Crippen LogP contribution in [0.15, 0.2) is 18.2 Å². The minimum atomic E-state index is -0.520. The third-order valence-corrected chi connectivity index (χ3v) is 3.71. The second kappa shape index (κ2) is 6.70. The molecule has 0 radical (unpaired) electrons. The van der Waals surface area contributed by atoms with Gasteiger partial charge in [-0.05, 0) is 45.2 Å². The van der Waals surface area contributed by atoms with E-state index in [0.717, 1.165) is 12.8 Å². The lowest BCUT2D eigenvalue weighted by Gasteiger charge is -2.36. The summed E-state index contributed by atoms with van der Waals surface area (Å²) in [5.41, 5.74) is 0.536. The molecule has 1 aliphatic rings. The molecule has 0 saturated carbocycles. The van der Waals surface area contributed by atoms with E-state index in [1.807, 2.05) is 0 Å². The summed E-state index contributed by atoms with van der Waals surface area (Å²) >= 11 is 0. The molecule has 0 bridgehead atoms. The van der Waals surface area contributed by atoms with Gasteiger partial charge < -0.3 is 9.64 Å². The lowest BCUT2D eigenvalue weighted by molar-refractivity contribution is -0.145. The zero-order chi connectivity index (χ0) is 15.4. The first-order chi connectivity index (χ1) is 10.1. The van der Waals surface area contributed by atoms with Gasteiger partial charge in [0.2, 0.25) is 0 Å². The summed E-state index contributed by atoms with van der Waals surface area (Å²) in [4.78, 5) is 25.5. The molecule has 1 fully saturated rings. The monoisotopic (exact) mass is 293 g/mol. The number of para-hydroxylation sites is 1. The van der Waals surface area contributed by atoms with Gasteiger partial charge in [0.25, 0.3) is 0 Å². The van der Waals surface area contributed by atoms with Gasteiger partial charge in [0.15, 0.2) is 5.78 Å². The van der Waals surface area contributed by atoms with Gasteiger partial charge in [-0.2, -0.15) is 0 Å². The van der Waals surface area contributed by atoms with Crippen LogP contribution in [0.5, 0.6) is 0 Å². The van der Waals surface area contributed by atoms with Crippen molar-refractivity contribution in [1.29, 1.82) is 0 Å². The Kier molecular flexibility index (Phi) is 4.94. The second-order valence-corrected chi connectivity index (χ2v) is 5.15. The number of hydrogen-bond acceptors (Lipinski definition) is 4. The van der Waals surface area contributed by atoms with Crippen molar-refractivity contribution in [2.24, 2.45) is 0 Å². The Morgan fingerprint density at radius 3 is 2.81 bits per heavy atom. The molecule has 1 aliphatic heterocycles. The van der Waals surface area contributed by atoms with Crippen molar-refractivity contribution in [3.63, 3.8) is 0 Å². The Labute approximate surface area is 123 Å². The zero-order valence-electron chi connectivity index (χ0n) is 12.4. The quantitative estimate of drug-likeness (QED) is 0.632. The molecular formula is C16H20FNO3. The Morgan fingerprint density at radius 2 is 2.14 bits per heavy atom. The fourth-order valence-electron chi connectivity index (χ4n) is 2.77. The maximum Gasteiger partial charge on any atom is 0.328 e. The molecule has 21 heavy (non-hydrogen) atoms. The fourth-order valence-corrected chi connectivity index (χ4v) is 2.77. The van der Waals surface area contributed by atoms with E-state index < -0.39 is 11.9 Å². The van der Waals surface area contributed by atoms with E-state index in [1.165, 1.54) is 19.1 Å². The number of rotatable bonds is 4. The number of hydrogen-bond donors (Lipinski definition) is 0. The SMILES string of the molecule is CCOC(=O)C1CCCCN1c1c(F)cccc1C(C)=O. The number of esters is 1. The standard InChI is InChI=1S/C16H20FNO3/c1-3-21-16(20)14-9-4-5-10-18(14)15-12(11(2)19)7-6-8-13(15)17/h6-8,14H,3-5,9-10H2,1-2H3. The summed E-state index contributed by atoms with van der Waals surface area (Å²) in [7, 11) is 0. The molecule has 114 valence electrons. The summed E-state index contributed by atoms with van der Waals surface area (Å²) in [6.45, 7) is 3.99. The average Bonchev–Trinajstić information content (AvgIpc) is 2.47. The van der Waals surface area contributed by atoms with E-state index in [4.69, 9.17) is 4.74 Å². The van der Waals surface area contributed by atoms with Crippen LogP contribution in [0, 0.1) is 5.82 Å². The van der Waals surface area contributed by atoms with E-state index in [0.29, 0.717) is 25.1 Å². The Morgan fingerprint density at radius 1 is 1.38 bits per heavy atom. The first-order valence-corrected chi connectivity index (χ1v) is 7.29. The summed E-state index contributed by atoms with van der Waals surface area (Å²) in [6, 6.07) is 3.91. The van der Waals surface area contributed by atoms with Gasteiger partial charge in [0.1, 0.15) is 11.9 Å². The highest BCUT2D eigenvalue weighted by Gasteiger charge is 2.33. The van der Waals surface area contributed by atoms with E-state index in [9.17, 15) is 14.0 Å². The number of benzene rings is 1. The molecule has 4 nitrogen and oxygen atoms in total. The number of Topliss-reactive ketones (excluding diaryl/α,β-unsaturated/α-hetero) is 1. The third kappa shape index (κ3) is 3.23. The average molecular weight is 293 g/mol. The van der Waals surface area contributed by atoms with Crippen LogP contribution in [-0.2, 0) is 9.53 Å². The number of halogens is 1. The Hall–Kier alpha value is -1.91. The number of piperidine rings is 1. The van der Waals surface area contributed by atoms with E-state index in [2.05, 4.69) is 0 Å². The van der Waals surface area contributed by atoms with Crippen LogP contribution >= 0.6 is 0 Å². The summed E-state index contributed by atoms with van der Waals surface area (Å²) < 4.78 is 19.4. The van der Waals surface area contributed by atoms with Crippen LogP contribution < -0.4 is 4.90 Å². The molecule has 1 saturated heterocycles. The molecule has 0 spiro atoms. The van der Waals surface area contributed by atoms with Crippen molar-refractivity contribution in [3.8, 4) is 0 Å². The van der Waals surface area contributed by atoms with Crippen LogP contribution in [0.1, 0.15) is 43.5 Å². The van der Waals surface area contributed by atoms with Crippen LogP contribution in [0.3, 0.4) is 0 Å². The smallest absolute Gasteiger partial charge is 0.328 e. The molecule has 0 N–H and O–H groups in total. The summed E-state index contributed by atoms with van der Waals surface area (Å²) in [5, 5.41) is 0. The van der Waals surface area contributed by atoms with Gasteiger partial charge in [0, 0.05) is 12.1 Å². The van der Waals surface area contributed by atoms with Crippen LogP contribution in [0.4, 0.5) is 10.1 Å². The molecule has 5 heteroatoms. The number of carbonyl (C=O) groups excluding carboxylic acids is 2. The van der Waals surface area contributed by atoms with Gasteiger partial charge in [-0.1, -0.05) is 6.07 Å². The number of ketones is 1. The predicted octanol–water partition coefficient (Wildman–Crippen LogP) is 2.95. The van der Waals surface area contributed by atoms with Crippen molar-refractivity contribution in [2.75, 3.05) is 18.1 Å². The number of anilines is 1. The van der Waals surface area contributed by atoms with Crippen molar-refractivity contribution in [1.82, 2.24) is 0 Å². The maximum atomic E-state index is 14.3. The first-order valence-electron chi connectivity index (χ1n) is 7.29. The third-order valence-electron chi connectivity index (χ3n) is 3.71. The highest BCUT2D eigenvalue weighted by atomic mass is 19.1. The van der Waals surface area contributed by atoms with Gasteiger partial charge in [-0.3, -0.25) is 4.79 Å². The van der Waals surface area contributed by atoms with Crippen LogP contribution in [0.2, 0.25) is 0 Å².